The number of benzene rings is 2. The highest BCUT2D eigenvalue weighted by molar-refractivity contribution is 6.30. The SMILES string of the molecule is CCOC(=O)Cn1c(C2CC(=O)N(c3cccc(Cl)c3)C2)nc2ccccc21. The van der Waals surface area contributed by atoms with E-state index in [1.54, 1.807) is 24.0 Å². The van der Waals surface area contributed by atoms with Gasteiger partial charge in [0.1, 0.15) is 12.4 Å². The zero-order chi connectivity index (χ0) is 19.7. The smallest absolute Gasteiger partial charge is 0.326 e. The Kier molecular flexibility index (Phi) is 5.05. The molecule has 144 valence electrons. The van der Waals surface area contributed by atoms with Crippen LogP contribution < -0.4 is 4.90 Å². The second-order valence-corrected chi connectivity index (χ2v) is 7.17. The van der Waals surface area contributed by atoms with Gasteiger partial charge in [0.2, 0.25) is 5.91 Å². The van der Waals surface area contributed by atoms with Crippen molar-refractivity contribution in [2.24, 2.45) is 0 Å². The number of amides is 1. The van der Waals surface area contributed by atoms with Crippen LogP contribution in [0.3, 0.4) is 0 Å². The largest absolute Gasteiger partial charge is 0.465 e. The lowest BCUT2D eigenvalue weighted by atomic mass is 10.1. The summed E-state index contributed by atoms with van der Waals surface area (Å²) in [7, 11) is 0. The summed E-state index contributed by atoms with van der Waals surface area (Å²) in [6, 6.07) is 14.9. The summed E-state index contributed by atoms with van der Waals surface area (Å²) in [4.78, 5) is 31.3. The first kappa shape index (κ1) is 18.5. The molecule has 7 heteroatoms. The highest BCUT2D eigenvalue weighted by atomic mass is 35.5. The fourth-order valence-corrected chi connectivity index (χ4v) is 3.87. The quantitative estimate of drug-likeness (QED) is 0.615. The van der Waals surface area contributed by atoms with Crippen molar-refractivity contribution in [2.45, 2.75) is 25.8 Å². The van der Waals surface area contributed by atoms with Gasteiger partial charge in [0.25, 0.3) is 0 Å². The van der Waals surface area contributed by atoms with Gasteiger partial charge in [-0.25, -0.2) is 4.98 Å². The Balaban J connectivity index is 1.69. The lowest BCUT2D eigenvalue weighted by molar-refractivity contribution is -0.143. The maximum atomic E-state index is 12.7. The van der Waals surface area contributed by atoms with Crippen LogP contribution in [-0.2, 0) is 20.9 Å². The van der Waals surface area contributed by atoms with E-state index in [1.165, 1.54) is 0 Å². The number of fused-ring (bicyclic) bond motifs is 1. The zero-order valence-corrected chi connectivity index (χ0v) is 16.2. The monoisotopic (exact) mass is 397 g/mol. The number of ether oxygens (including phenoxy) is 1. The standard InChI is InChI=1S/C21H20ClN3O3/c1-2-28-20(27)13-25-18-9-4-3-8-17(18)23-21(25)14-10-19(26)24(12-14)16-7-5-6-15(22)11-16/h3-9,11,14H,2,10,12-13H2,1H3. The Labute approximate surface area is 167 Å². The molecule has 1 fully saturated rings. The molecule has 1 aliphatic rings. The molecule has 1 saturated heterocycles. The predicted octanol–water partition coefficient (Wildman–Crippen LogP) is 3.77. The van der Waals surface area contributed by atoms with Gasteiger partial charge in [0, 0.05) is 29.6 Å². The van der Waals surface area contributed by atoms with Crippen molar-refractivity contribution in [1.29, 1.82) is 0 Å². The van der Waals surface area contributed by atoms with Gasteiger partial charge in [-0.15, -0.1) is 0 Å². The number of halogens is 1. The zero-order valence-electron chi connectivity index (χ0n) is 15.5. The summed E-state index contributed by atoms with van der Waals surface area (Å²) < 4.78 is 6.99. The Bertz CT molecular complexity index is 1050. The maximum Gasteiger partial charge on any atom is 0.326 e. The van der Waals surface area contributed by atoms with E-state index in [1.807, 2.05) is 41.0 Å². The average Bonchev–Trinajstić information content (AvgIpc) is 3.23. The Hall–Kier alpha value is -2.86. The molecule has 0 aliphatic carbocycles. The molecule has 1 aromatic heterocycles. The molecule has 2 heterocycles. The van der Waals surface area contributed by atoms with Gasteiger partial charge in [-0.3, -0.25) is 9.59 Å². The number of anilines is 1. The van der Waals surface area contributed by atoms with Gasteiger partial charge in [-0.2, -0.15) is 0 Å². The number of carbonyl (C=O) groups excluding carboxylic acids is 2. The van der Waals surface area contributed by atoms with Crippen molar-refractivity contribution in [1.82, 2.24) is 9.55 Å². The van der Waals surface area contributed by atoms with Gasteiger partial charge < -0.3 is 14.2 Å². The van der Waals surface area contributed by atoms with E-state index >= 15 is 0 Å². The summed E-state index contributed by atoms with van der Waals surface area (Å²) in [5.41, 5.74) is 2.43. The van der Waals surface area contributed by atoms with E-state index in [0.29, 0.717) is 24.6 Å². The molecule has 0 spiro atoms. The molecule has 1 unspecified atom stereocenters. The van der Waals surface area contributed by atoms with Crippen LogP contribution in [0.4, 0.5) is 5.69 Å². The van der Waals surface area contributed by atoms with Gasteiger partial charge in [0.15, 0.2) is 0 Å². The van der Waals surface area contributed by atoms with Crippen LogP contribution in [0.15, 0.2) is 48.5 Å². The van der Waals surface area contributed by atoms with Crippen LogP contribution in [0.1, 0.15) is 25.1 Å². The van der Waals surface area contributed by atoms with Gasteiger partial charge in [-0.1, -0.05) is 29.8 Å². The maximum absolute atomic E-state index is 12.7. The minimum Gasteiger partial charge on any atom is -0.465 e. The minimum absolute atomic E-state index is 0.0157. The first-order chi connectivity index (χ1) is 13.6. The van der Waals surface area contributed by atoms with Crippen LogP contribution in [0, 0.1) is 0 Å². The Morgan fingerprint density at radius 1 is 1.25 bits per heavy atom. The summed E-state index contributed by atoms with van der Waals surface area (Å²) in [5.74, 6) is 0.311. The number of para-hydroxylation sites is 2. The Morgan fingerprint density at radius 2 is 2.07 bits per heavy atom. The molecule has 0 bridgehead atoms. The summed E-state index contributed by atoms with van der Waals surface area (Å²) in [6.07, 6.45) is 0.332. The van der Waals surface area contributed by atoms with Crippen LogP contribution >= 0.6 is 11.6 Å². The normalized spacial score (nSPS) is 16.7. The van der Waals surface area contributed by atoms with Gasteiger partial charge >= 0.3 is 5.97 Å². The number of imidazole rings is 1. The average molecular weight is 398 g/mol. The number of nitrogens with zero attached hydrogens (tertiary/aromatic N) is 3. The van der Waals surface area contributed by atoms with Crippen LogP contribution in [0.25, 0.3) is 11.0 Å². The van der Waals surface area contributed by atoms with Crippen LogP contribution in [-0.4, -0.2) is 34.6 Å². The number of aromatic nitrogens is 2. The third-order valence-electron chi connectivity index (χ3n) is 4.89. The number of esters is 1. The lowest BCUT2D eigenvalue weighted by Gasteiger charge is -2.17. The summed E-state index contributed by atoms with van der Waals surface area (Å²) in [5, 5.41) is 0.586. The van der Waals surface area contributed by atoms with E-state index in [9.17, 15) is 9.59 Å². The van der Waals surface area contributed by atoms with Crippen LogP contribution in [0.2, 0.25) is 5.02 Å². The first-order valence-electron chi connectivity index (χ1n) is 9.23. The first-order valence-corrected chi connectivity index (χ1v) is 9.61. The molecule has 0 N–H and O–H groups in total. The van der Waals surface area contributed by atoms with Gasteiger partial charge in [0.05, 0.1) is 17.6 Å². The van der Waals surface area contributed by atoms with E-state index in [4.69, 9.17) is 21.3 Å². The molecule has 2 aromatic carbocycles. The summed E-state index contributed by atoms with van der Waals surface area (Å²) in [6.45, 7) is 2.67. The number of rotatable bonds is 5. The van der Waals surface area contributed by atoms with Crippen molar-refractivity contribution < 1.29 is 14.3 Å². The topological polar surface area (TPSA) is 64.4 Å². The lowest BCUT2D eigenvalue weighted by Crippen LogP contribution is -2.24. The molecule has 3 aromatic rings. The van der Waals surface area contributed by atoms with Crippen molar-refractivity contribution in [3.8, 4) is 0 Å². The number of carbonyl (C=O) groups is 2. The third-order valence-corrected chi connectivity index (χ3v) is 5.12. The molecular weight excluding hydrogens is 378 g/mol. The second-order valence-electron chi connectivity index (χ2n) is 6.74. The summed E-state index contributed by atoms with van der Waals surface area (Å²) >= 11 is 6.08. The Morgan fingerprint density at radius 3 is 2.86 bits per heavy atom. The number of hydrogen-bond donors (Lipinski definition) is 0. The highest BCUT2D eigenvalue weighted by Gasteiger charge is 2.35. The number of hydrogen-bond acceptors (Lipinski definition) is 4. The third kappa shape index (κ3) is 3.47. The van der Waals surface area contributed by atoms with E-state index in [-0.39, 0.29) is 24.3 Å². The minimum atomic E-state index is -0.317. The van der Waals surface area contributed by atoms with Gasteiger partial charge in [-0.05, 0) is 37.3 Å². The molecule has 28 heavy (non-hydrogen) atoms. The fraction of sp³-hybridized carbons (Fsp3) is 0.286. The molecular formula is C21H20ClN3O3. The van der Waals surface area contributed by atoms with Crippen molar-refractivity contribution in [3.05, 3.63) is 59.4 Å². The van der Waals surface area contributed by atoms with E-state index in [2.05, 4.69) is 0 Å². The molecule has 1 amide bonds. The molecule has 1 atom stereocenters. The van der Waals surface area contributed by atoms with Crippen molar-refractivity contribution in [3.63, 3.8) is 0 Å². The second kappa shape index (κ2) is 7.64. The van der Waals surface area contributed by atoms with E-state index in [0.717, 1.165) is 22.5 Å². The molecule has 0 saturated carbocycles. The molecule has 4 rings (SSSR count). The van der Waals surface area contributed by atoms with Crippen LogP contribution in [0.5, 0.6) is 0 Å². The highest BCUT2D eigenvalue weighted by Crippen LogP contribution is 2.34. The molecule has 1 aliphatic heterocycles. The predicted molar refractivity (Wildman–Crippen MR) is 108 cm³/mol. The van der Waals surface area contributed by atoms with E-state index < -0.39 is 0 Å². The van der Waals surface area contributed by atoms with Crippen molar-refractivity contribution >= 4 is 40.2 Å². The van der Waals surface area contributed by atoms with Crippen molar-refractivity contribution in [2.75, 3.05) is 18.1 Å². The molecule has 0 radical (unpaired) electrons. The molecule has 6 nitrogen and oxygen atoms in total. The fourth-order valence-electron chi connectivity index (χ4n) is 3.68.